The lowest BCUT2D eigenvalue weighted by molar-refractivity contribution is -0.137. The Morgan fingerprint density at radius 2 is 1.88 bits per heavy atom. The van der Waals surface area contributed by atoms with E-state index in [0.717, 1.165) is 11.8 Å². The lowest BCUT2D eigenvalue weighted by Gasteiger charge is -2.37. The fraction of sp³-hybridized carbons (Fsp3) is 0.400. The zero-order valence-electron chi connectivity index (χ0n) is 23.7. The van der Waals surface area contributed by atoms with Gasteiger partial charge in [0.25, 0.3) is 5.91 Å². The maximum Gasteiger partial charge on any atom is 0.419 e. The van der Waals surface area contributed by atoms with Gasteiger partial charge in [0.15, 0.2) is 0 Å². The summed E-state index contributed by atoms with van der Waals surface area (Å²) in [6, 6.07) is 9.21. The van der Waals surface area contributed by atoms with Crippen molar-refractivity contribution < 1.29 is 27.5 Å². The Bertz CT molecular complexity index is 1490. The molecule has 2 aliphatic rings. The molecule has 0 bridgehead atoms. The van der Waals surface area contributed by atoms with Crippen LogP contribution >= 0.6 is 0 Å². The molecule has 12 heteroatoms. The van der Waals surface area contributed by atoms with Crippen LogP contribution in [0.5, 0.6) is 0 Å². The Kier molecular flexibility index (Phi) is 7.98. The van der Waals surface area contributed by atoms with Crippen LogP contribution in [0.15, 0.2) is 55.0 Å². The number of carbonyl (C=O) groups is 2. The summed E-state index contributed by atoms with van der Waals surface area (Å²) >= 11 is 0. The summed E-state index contributed by atoms with van der Waals surface area (Å²) in [7, 11) is 0. The first-order valence-corrected chi connectivity index (χ1v) is 13.8. The van der Waals surface area contributed by atoms with Gasteiger partial charge in [0.1, 0.15) is 5.60 Å². The van der Waals surface area contributed by atoms with Crippen LogP contribution in [0.25, 0.3) is 5.70 Å². The molecule has 1 saturated heterocycles. The van der Waals surface area contributed by atoms with Crippen LogP contribution in [0.1, 0.15) is 66.4 Å². The fourth-order valence-electron chi connectivity index (χ4n) is 5.23. The second-order valence-corrected chi connectivity index (χ2v) is 11.5. The minimum atomic E-state index is -4.68. The van der Waals surface area contributed by atoms with Crippen LogP contribution in [0, 0.1) is 0 Å². The second kappa shape index (κ2) is 11.5. The number of fused-ring (bicyclic) bond motifs is 1. The summed E-state index contributed by atoms with van der Waals surface area (Å²) in [4.78, 5) is 31.3. The number of halogens is 3. The van der Waals surface area contributed by atoms with Crippen LogP contribution in [0.2, 0.25) is 0 Å². The van der Waals surface area contributed by atoms with E-state index in [1.54, 1.807) is 42.6 Å². The SMILES string of the molecule is CC(C)(C)OC(=O)N[C@@H]1CCCN(c2c(C(F)(F)F)cnc3c2C(NC(=O)c2cnn(Cc4ccccc4)c2)=CC3)C1. The number of rotatable bonds is 6. The number of ether oxygens (including phenoxy) is 1. The first-order valence-electron chi connectivity index (χ1n) is 13.8. The molecule has 1 fully saturated rings. The maximum atomic E-state index is 14.3. The largest absolute Gasteiger partial charge is 0.444 e. The molecule has 2 amide bonds. The van der Waals surface area contributed by atoms with Gasteiger partial charge < -0.3 is 20.3 Å². The molecule has 2 N–H and O–H groups in total. The van der Waals surface area contributed by atoms with Crippen molar-refractivity contribution in [2.75, 3.05) is 18.0 Å². The van der Waals surface area contributed by atoms with E-state index in [9.17, 15) is 22.8 Å². The highest BCUT2D eigenvalue weighted by Gasteiger charge is 2.40. The van der Waals surface area contributed by atoms with Gasteiger partial charge in [0.05, 0.1) is 35.2 Å². The second-order valence-electron chi connectivity index (χ2n) is 11.5. The number of nitrogens with one attached hydrogen (secondary N) is 2. The summed E-state index contributed by atoms with van der Waals surface area (Å²) in [6.07, 6.45) is 1.68. The Morgan fingerprint density at radius 1 is 1.12 bits per heavy atom. The van der Waals surface area contributed by atoms with Gasteiger partial charge in [-0.2, -0.15) is 18.3 Å². The quantitative estimate of drug-likeness (QED) is 0.416. The molecule has 1 atom stereocenters. The summed E-state index contributed by atoms with van der Waals surface area (Å²) in [5, 5.41) is 9.86. The lowest BCUT2D eigenvalue weighted by atomic mass is 10.00. The van der Waals surface area contributed by atoms with Gasteiger partial charge in [0, 0.05) is 49.2 Å². The van der Waals surface area contributed by atoms with E-state index in [0.29, 0.717) is 31.6 Å². The third-order valence-electron chi connectivity index (χ3n) is 6.99. The summed E-state index contributed by atoms with van der Waals surface area (Å²) < 4.78 is 50.0. The smallest absolute Gasteiger partial charge is 0.419 e. The van der Waals surface area contributed by atoms with Crippen molar-refractivity contribution in [1.29, 1.82) is 0 Å². The van der Waals surface area contributed by atoms with Gasteiger partial charge in [-0.25, -0.2) is 4.79 Å². The number of alkyl halides is 3. The number of aromatic nitrogens is 3. The normalized spacial score (nSPS) is 17.0. The zero-order valence-corrected chi connectivity index (χ0v) is 23.7. The van der Waals surface area contributed by atoms with Crippen molar-refractivity contribution in [3.8, 4) is 0 Å². The monoisotopic (exact) mass is 582 g/mol. The van der Waals surface area contributed by atoms with Crippen molar-refractivity contribution >= 4 is 23.4 Å². The Hall–Kier alpha value is -4.35. The Labute approximate surface area is 241 Å². The van der Waals surface area contributed by atoms with Gasteiger partial charge in [-0.3, -0.25) is 14.5 Å². The first kappa shape index (κ1) is 29.2. The molecule has 0 spiro atoms. The molecule has 0 unspecified atom stereocenters. The number of pyridine rings is 1. The van der Waals surface area contributed by atoms with Gasteiger partial charge in [-0.05, 0) is 39.2 Å². The van der Waals surface area contributed by atoms with E-state index >= 15 is 0 Å². The highest BCUT2D eigenvalue weighted by atomic mass is 19.4. The summed E-state index contributed by atoms with van der Waals surface area (Å²) in [6.45, 7) is 6.19. The minimum absolute atomic E-state index is 0.0491. The number of allylic oxidation sites excluding steroid dienone is 1. The number of benzene rings is 1. The minimum Gasteiger partial charge on any atom is -0.444 e. The van der Waals surface area contributed by atoms with E-state index in [1.165, 1.54) is 6.20 Å². The van der Waals surface area contributed by atoms with E-state index < -0.39 is 35.4 Å². The van der Waals surface area contributed by atoms with Crippen LogP contribution in [-0.2, 0) is 23.9 Å². The standard InChI is InChI=1S/C30H33F3N6O3/c1-29(2,3)42-28(41)36-21-10-7-13-38(18-21)26-22(30(31,32)33)15-34-23-11-12-24(25(23)26)37-27(40)20-14-35-39(17-20)16-19-8-5-4-6-9-19/h4-6,8-9,12,14-15,17,21H,7,10-11,13,16,18H2,1-3H3,(H,36,41)(H,37,40)/t21-/m1/s1. The Balaban J connectivity index is 1.39. The van der Waals surface area contributed by atoms with E-state index in [2.05, 4.69) is 20.7 Å². The number of alkyl carbamates (subject to hydrolysis) is 1. The van der Waals surface area contributed by atoms with Crippen LogP contribution < -0.4 is 15.5 Å². The molecule has 9 nitrogen and oxygen atoms in total. The number of hydrogen-bond donors (Lipinski definition) is 2. The van der Waals surface area contributed by atoms with Crippen molar-refractivity contribution in [2.24, 2.45) is 0 Å². The molecule has 1 aromatic carbocycles. The Morgan fingerprint density at radius 3 is 2.60 bits per heavy atom. The molecule has 0 saturated carbocycles. The molecule has 5 rings (SSSR count). The molecule has 2 aromatic heterocycles. The van der Waals surface area contributed by atoms with Crippen LogP contribution in [0.3, 0.4) is 0 Å². The predicted octanol–water partition coefficient (Wildman–Crippen LogP) is 5.17. The first-order chi connectivity index (χ1) is 19.9. The zero-order chi connectivity index (χ0) is 30.1. The molecule has 0 radical (unpaired) electrons. The van der Waals surface area contributed by atoms with E-state index in [4.69, 9.17) is 4.74 Å². The molecule has 3 aromatic rings. The number of nitrogens with zero attached hydrogens (tertiary/aromatic N) is 4. The number of piperidine rings is 1. The number of hydrogen-bond acceptors (Lipinski definition) is 6. The van der Waals surface area contributed by atoms with Crippen molar-refractivity contribution in [3.63, 3.8) is 0 Å². The van der Waals surface area contributed by atoms with Crippen molar-refractivity contribution in [3.05, 3.63) is 82.9 Å². The summed E-state index contributed by atoms with van der Waals surface area (Å²) in [5.41, 5.74) is 0.593. The fourth-order valence-corrected chi connectivity index (χ4v) is 5.23. The lowest BCUT2D eigenvalue weighted by Crippen LogP contribution is -2.49. The molecule has 1 aliphatic carbocycles. The third-order valence-corrected chi connectivity index (χ3v) is 6.99. The van der Waals surface area contributed by atoms with E-state index in [-0.39, 0.29) is 35.5 Å². The van der Waals surface area contributed by atoms with Crippen molar-refractivity contribution in [1.82, 2.24) is 25.4 Å². The number of anilines is 1. The third kappa shape index (κ3) is 6.75. The van der Waals surface area contributed by atoms with Gasteiger partial charge in [-0.15, -0.1) is 0 Å². The highest BCUT2D eigenvalue weighted by Crippen LogP contribution is 2.44. The van der Waals surface area contributed by atoms with Gasteiger partial charge in [0.2, 0.25) is 0 Å². The predicted molar refractivity (Wildman–Crippen MR) is 151 cm³/mol. The molecule has 1 aliphatic heterocycles. The number of carbonyl (C=O) groups excluding carboxylic acids is 2. The van der Waals surface area contributed by atoms with Gasteiger partial charge >= 0.3 is 12.3 Å². The van der Waals surface area contributed by atoms with Gasteiger partial charge in [-0.1, -0.05) is 36.4 Å². The molecule has 3 heterocycles. The van der Waals surface area contributed by atoms with E-state index in [1.807, 2.05) is 30.3 Å². The highest BCUT2D eigenvalue weighted by molar-refractivity contribution is 6.01. The van der Waals surface area contributed by atoms with Crippen LogP contribution in [-0.4, -0.2) is 51.5 Å². The van der Waals surface area contributed by atoms with Crippen LogP contribution in [0.4, 0.5) is 23.7 Å². The summed E-state index contributed by atoms with van der Waals surface area (Å²) in [5.74, 6) is -0.486. The molecular formula is C30H33F3N6O3. The molecule has 222 valence electrons. The number of amides is 2. The molecular weight excluding hydrogens is 549 g/mol. The average molecular weight is 583 g/mol. The maximum absolute atomic E-state index is 14.3. The average Bonchev–Trinajstić information content (AvgIpc) is 3.54. The molecule has 42 heavy (non-hydrogen) atoms. The topological polar surface area (TPSA) is 101 Å². The van der Waals surface area contributed by atoms with Crippen molar-refractivity contribution in [2.45, 2.75) is 64.4 Å².